The van der Waals surface area contributed by atoms with Gasteiger partial charge in [-0.15, -0.1) is 0 Å². The monoisotopic (exact) mass is 390 g/mol. The van der Waals surface area contributed by atoms with E-state index in [-0.39, 0.29) is 27.2 Å². The molecule has 0 bridgehead atoms. The van der Waals surface area contributed by atoms with E-state index in [1.807, 2.05) is 13.8 Å². The Labute approximate surface area is 155 Å². The first-order valence-corrected chi connectivity index (χ1v) is 8.20. The molecule has 0 spiro atoms. The number of benzene rings is 1. The molecule has 1 rings (SSSR count). The zero-order valence-electron chi connectivity index (χ0n) is 14.1. The number of amides is 1. The number of hydrogen-bond donors (Lipinski definition) is 2. The van der Waals surface area contributed by atoms with Gasteiger partial charge in [0.15, 0.2) is 6.61 Å². The van der Waals surface area contributed by atoms with Gasteiger partial charge in [0.25, 0.3) is 5.91 Å². The van der Waals surface area contributed by atoms with Crippen LogP contribution in [0.3, 0.4) is 0 Å². The zero-order valence-corrected chi connectivity index (χ0v) is 15.6. The van der Waals surface area contributed by atoms with Crippen molar-refractivity contribution in [3.63, 3.8) is 0 Å². The molecule has 25 heavy (non-hydrogen) atoms. The maximum Gasteiger partial charge on any atom is 0.340 e. The Kier molecular flexibility index (Phi) is 7.99. The number of carbonyl (C=O) groups excluding carboxylic acids is 3. The smallest absolute Gasteiger partial charge is 0.340 e. The number of methoxy groups -OCH3 is 1. The van der Waals surface area contributed by atoms with Gasteiger partial charge in [-0.2, -0.15) is 0 Å². The molecule has 0 saturated carbocycles. The van der Waals surface area contributed by atoms with Gasteiger partial charge in [0.2, 0.25) is 0 Å². The molecule has 0 heterocycles. The quantitative estimate of drug-likeness (QED) is 0.546. The first kappa shape index (κ1) is 21.1. The van der Waals surface area contributed by atoms with Crippen molar-refractivity contribution in [2.24, 2.45) is 5.92 Å². The first-order valence-electron chi connectivity index (χ1n) is 7.44. The second kappa shape index (κ2) is 9.48. The molecular weight excluding hydrogens is 371 g/mol. The minimum atomic E-state index is -0.851. The van der Waals surface area contributed by atoms with Crippen molar-refractivity contribution in [1.29, 1.82) is 0 Å². The van der Waals surface area contributed by atoms with Gasteiger partial charge in [-0.1, -0.05) is 37.0 Å². The van der Waals surface area contributed by atoms with Crippen LogP contribution in [-0.2, 0) is 19.1 Å². The summed E-state index contributed by atoms with van der Waals surface area (Å²) in [6, 6.07) is 1.86. The topological polar surface area (TPSA) is 108 Å². The highest BCUT2D eigenvalue weighted by atomic mass is 35.5. The van der Waals surface area contributed by atoms with Crippen LogP contribution in [-0.4, -0.2) is 37.6 Å². The Morgan fingerprint density at radius 1 is 1.24 bits per heavy atom. The van der Waals surface area contributed by atoms with Gasteiger partial charge in [-0.25, -0.2) is 9.59 Å². The molecule has 0 fully saturated rings. The number of hydrogen-bond acceptors (Lipinski definition) is 6. The zero-order chi connectivity index (χ0) is 19.1. The van der Waals surface area contributed by atoms with Crippen LogP contribution in [0.15, 0.2) is 12.1 Å². The Balaban J connectivity index is 2.69. The van der Waals surface area contributed by atoms with Gasteiger partial charge in [-0.05, 0) is 24.5 Å². The highest BCUT2D eigenvalue weighted by Gasteiger charge is 2.23. The van der Waals surface area contributed by atoms with Crippen molar-refractivity contribution in [1.82, 2.24) is 5.32 Å². The van der Waals surface area contributed by atoms with E-state index in [9.17, 15) is 14.4 Å². The molecule has 7 nitrogen and oxygen atoms in total. The van der Waals surface area contributed by atoms with Crippen molar-refractivity contribution < 1.29 is 23.9 Å². The molecule has 0 aromatic heterocycles. The molecule has 1 unspecified atom stereocenters. The third-order valence-corrected chi connectivity index (χ3v) is 3.71. The van der Waals surface area contributed by atoms with Crippen LogP contribution in [0.5, 0.6) is 0 Å². The molecule has 3 N–H and O–H groups in total. The number of anilines is 1. The molecule has 0 aliphatic rings. The van der Waals surface area contributed by atoms with Crippen molar-refractivity contribution in [3.05, 3.63) is 27.7 Å². The minimum Gasteiger partial charge on any atom is -0.467 e. The molecule has 1 aromatic carbocycles. The second-order valence-electron chi connectivity index (χ2n) is 5.70. The Morgan fingerprint density at radius 3 is 2.44 bits per heavy atom. The summed E-state index contributed by atoms with van der Waals surface area (Å²) in [5.41, 5.74) is 5.66. The van der Waals surface area contributed by atoms with Crippen molar-refractivity contribution in [2.75, 3.05) is 19.5 Å². The molecule has 0 aliphatic carbocycles. The first-order chi connectivity index (χ1) is 11.6. The molecule has 1 amide bonds. The molecule has 138 valence electrons. The summed E-state index contributed by atoms with van der Waals surface area (Å²) >= 11 is 11.7. The molecule has 1 aromatic rings. The fourth-order valence-electron chi connectivity index (χ4n) is 2.03. The molecule has 1 atom stereocenters. The summed E-state index contributed by atoms with van der Waals surface area (Å²) < 4.78 is 9.54. The summed E-state index contributed by atoms with van der Waals surface area (Å²) in [6.07, 6.45) is 0.392. The fourth-order valence-corrected chi connectivity index (χ4v) is 2.52. The van der Waals surface area contributed by atoms with Crippen LogP contribution in [0.4, 0.5) is 5.69 Å². The van der Waals surface area contributed by atoms with E-state index in [2.05, 4.69) is 10.1 Å². The molecule has 0 saturated heterocycles. The van der Waals surface area contributed by atoms with E-state index in [4.69, 9.17) is 33.7 Å². The Bertz CT molecular complexity index is 664. The lowest BCUT2D eigenvalue weighted by molar-refractivity contribution is -0.145. The van der Waals surface area contributed by atoms with Gasteiger partial charge in [0, 0.05) is 5.02 Å². The predicted molar refractivity (Wildman–Crippen MR) is 94.6 cm³/mol. The number of nitrogens with two attached hydrogens (primary N) is 1. The van der Waals surface area contributed by atoms with Crippen LogP contribution < -0.4 is 11.1 Å². The van der Waals surface area contributed by atoms with E-state index in [1.54, 1.807) is 0 Å². The summed E-state index contributed by atoms with van der Waals surface area (Å²) in [7, 11) is 1.23. The summed E-state index contributed by atoms with van der Waals surface area (Å²) in [5, 5.41) is 2.78. The highest BCUT2D eigenvalue weighted by molar-refractivity contribution is 6.37. The molecular formula is C16H20Cl2N2O5. The molecule has 0 radical (unpaired) electrons. The van der Waals surface area contributed by atoms with Gasteiger partial charge < -0.3 is 20.5 Å². The van der Waals surface area contributed by atoms with Crippen molar-refractivity contribution in [3.8, 4) is 0 Å². The standard InChI is InChI=1S/C16H20Cl2N2O5/c1-8(2)4-12(16(23)24-3)20-13(21)7-25-15(22)10-5-9(17)6-11(18)14(10)19/h5-6,8,12H,4,7,19H2,1-3H3,(H,20,21). The lowest BCUT2D eigenvalue weighted by Crippen LogP contribution is -2.44. The fraction of sp³-hybridized carbons (Fsp3) is 0.438. The normalized spacial score (nSPS) is 11.8. The second-order valence-corrected chi connectivity index (χ2v) is 6.54. The Hall–Kier alpha value is -1.99. The third-order valence-electron chi connectivity index (χ3n) is 3.18. The number of nitrogen functional groups attached to an aromatic ring is 1. The van der Waals surface area contributed by atoms with Gasteiger partial charge in [-0.3, -0.25) is 4.79 Å². The lowest BCUT2D eigenvalue weighted by atomic mass is 10.0. The summed E-state index contributed by atoms with van der Waals surface area (Å²) in [6.45, 7) is 3.20. The minimum absolute atomic E-state index is 0.00344. The number of ether oxygens (including phenoxy) is 2. The number of nitrogens with one attached hydrogen (secondary N) is 1. The van der Waals surface area contributed by atoms with E-state index >= 15 is 0 Å². The van der Waals surface area contributed by atoms with E-state index < -0.39 is 30.5 Å². The van der Waals surface area contributed by atoms with Crippen LogP contribution in [0.25, 0.3) is 0 Å². The number of esters is 2. The Morgan fingerprint density at radius 2 is 1.88 bits per heavy atom. The van der Waals surface area contributed by atoms with E-state index in [0.29, 0.717) is 6.42 Å². The molecule has 9 heteroatoms. The number of halogens is 2. The van der Waals surface area contributed by atoms with Crippen LogP contribution in [0.2, 0.25) is 10.0 Å². The average molecular weight is 391 g/mol. The predicted octanol–water partition coefficient (Wildman–Crippen LogP) is 2.44. The van der Waals surface area contributed by atoms with Crippen LogP contribution in [0, 0.1) is 5.92 Å². The number of rotatable bonds is 7. The lowest BCUT2D eigenvalue weighted by Gasteiger charge is -2.18. The maximum absolute atomic E-state index is 12.0. The highest BCUT2D eigenvalue weighted by Crippen LogP contribution is 2.28. The SMILES string of the molecule is COC(=O)C(CC(C)C)NC(=O)COC(=O)c1cc(Cl)cc(Cl)c1N. The maximum atomic E-state index is 12.0. The van der Waals surface area contributed by atoms with Crippen molar-refractivity contribution >= 4 is 46.7 Å². The van der Waals surface area contributed by atoms with E-state index in [1.165, 1.54) is 19.2 Å². The average Bonchev–Trinajstić information content (AvgIpc) is 2.54. The van der Waals surface area contributed by atoms with Crippen LogP contribution in [0.1, 0.15) is 30.6 Å². The van der Waals surface area contributed by atoms with Gasteiger partial charge in [0.1, 0.15) is 6.04 Å². The van der Waals surface area contributed by atoms with Crippen molar-refractivity contribution in [2.45, 2.75) is 26.3 Å². The van der Waals surface area contributed by atoms with Gasteiger partial charge >= 0.3 is 11.9 Å². The molecule has 0 aliphatic heterocycles. The third kappa shape index (κ3) is 6.43. The van der Waals surface area contributed by atoms with E-state index in [0.717, 1.165) is 0 Å². The number of carbonyl (C=O) groups is 3. The largest absolute Gasteiger partial charge is 0.467 e. The van der Waals surface area contributed by atoms with Crippen LogP contribution >= 0.6 is 23.2 Å². The van der Waals surface area contributed by atoms with Gasteiger partial charge in [0.05, 0.1) is 23.4 Å². The summed E-state index contributed by atoms with van der Waals surface area (Å²) in [4.78, 5) is 35.6. The summed E-state index contributed by atoms with van der Waals surface area (Å²) in [5.74, 6) is -1.91.